The summed E-state index contributed by atoms with van der Waals surface area (Å²) >= 11 is 3.16. The van der Waals surface area contributed by atoms with E-state index in [0.29, 0.717) is 5.54 Å². The van der Waals surface area contributed by atoms with Crippen LogP contribution in [0.3, 0.4) is 0 Å². The van der Waals surface area contributed by atoms with Gasteiger partial charge in [-0.15, -0.1) is 0 Å². The summed E-state index contributed by atoms with van der Waals surface area (Å²) in [6.45, 7) is 16.2. The zero-order chi connectivity index (χ0) is 12.8. The van der Waals surface area contributed by atoms with Gasteiger partial charge in [0.1, 0.15) is 0 Å². The molecular weight excluding hydrogens is 277 g/mol. The van der Waals surface area contributed by atoms with Crippen LogP contribution < -0.4 is 0 Å². The molecule has 3 heteroatoms. The second kappa shape index (κ2) is 7.29. The predicted molar refractivity (Wildman–Crippen MR) is 78.4 cm³/mol. The van der Waals surface area contributed by atoms with Crippen molar-refractivity contribution in [1.82, 2.24) is 0 Å². The molecule has 1 unspecified atom stereocenters. The summed E-state index contributed by atoms with van der Waals surface area (Å²) in [6, 6.07) is 0. The van der Waals surface area contributed by atoms with E-state index in [1.54, 1.807) is 0 Å². The van der Waals surface area contributed by atoms with Crippen molar-refractivity contribution in [2.24, 2.45) is 4.99 Å². The van der Waals surface area contributed by atoms with Crippen molar-refractivity contribution >= 4 is 28.7 Å². The summed E-state index contributed by atoms with van der Waals surface area (Å²) in [5.74, 6) is 0. The summed E-state index contributed by atoms with van der Waals surface area (Å²) in [5.41, 5.74) is 4.89. The van der Waals surface area contributed by atoms with Gasteiger partial charge in [-0.25, -0.2) is 0 Å². The van der Waals surface area contributed by atoms with Crippen molar-refractivity contribution in [2.75, 3.05) is 6.54 Å². The van der Waals surface area contributed by atoms with Crippen LogP contribution in [-0.2, 0) is 0 Å². The number of allylic oxidation sites excluding steroid dienone is 1. The molecule has 0 saturated carbocycles. The van der Waals surface area contributed by atoms with Gasteiger partial charge in [0.2, 0.25) is 0 Å². The summed E-state index contributed by atoms with van der Waals surface area (Å²) in [4.78, 5) is 4.63. The minimum absolute atomic E-state index is 0.460. The molecule has 0 saturated heterocycles. The molecule has 0 bridgehead atoms. The Hall–Kier alpha value is -0.0736. The topological polar surface area (TPSA) is 12.4 Å². The summed E-state index contributed by atoms with van der Waals surface area (Å²) in [5, 5.41) is 0. The molecule has 16 heavy (non-hydrogen) atoms. The van der Waals surface area contributed by atoms with E-state index in [1.807, 2.05) is 0 Å². The van der Waals surface area contributed by atoms with Crippen LogP contribution in [0.25, 0.3) is 0 Å². The fourth-order valence-electron chi connectivity index (χ4n) is 1.79. The van der Waals surface area contributed by atoms with Gasteiger partial charge < -0.3 is 0 Å². The number of nitrogens with zero attached hydrogens (tertiary/aromatic N) is 1. The molecule has 0 aromatic rings. The Morgan fingerprint density at radius 3 is 2.25 bits per heavy atom. The minimum atomic E-state index is -1.31. The van der Waals surface area contributed by atoms with E-state index >= 15 is 0 Å². The van der Waals surface area contributed by atoms with E-state index in [0.717, 1.165) is 24.0 Å². The molecule has 0 rings (SSSR count). The molecule has 0 spiro atoms. The zero-order valence-electron chi connectivity index (χ0n) is 11.3. The molecule has 0 amide bonds. The van der Waals surface area contributed by atoms with Gasteiger partial charge in [-0.2, -0.15) is 0 Å². The molecule has 0 aliphatic rings. The zero-order valence-corrected chi connectivity index (χ0v) is 14.0. The van der Waals surface area contributed by atoms with Crippen LogP contribution in [0.4, 0.5) is 0 Å². The van der Waals surface area contributed by atoms with Crippen LogP contribution in [0.15, 0.2) is 22.9 Å². The van der Waals surface area contributed by atoms with Crippen LogP contribution in [0.2, 0.25) is 25.2 Å². The van der Waals surface area contributed by atoms with E-state index in [9.17, 15) is 0 Å². The van der Waals surface area contributed by atoms with Gasteiger partial charge in [0, 0.05) is 0 Å². The Kier molecular flexibility index (Phi) is 7.26. The monoisotopic (exact) mass is 302 g/mol. The predicted octanol–water partition coefficient (Wildman–Crippen LogP) is 3.79. The third kappa shape index (κ3) is 4.84. The first-order valence-electron chi connectivity index (χ1n) is 5.98. The van der Waals surface area contributed by atoms with Gasteiger partial charge in [0.15, 0.2) is 0 Å². The molecule has 0 aromatic carbocycles. The second-order valence-corrected chi connectivity index (χ2v) is 11.3. The molecule has 0 fully saturated rings. The molecule has 0 aliphatic carbocycles. The average molecular weight is 301 g/mol. The first-order valence-corrected chi connectivity index (χ1v) is 10.4. The first kappa shape index (κ1) is 15.9. The maximum atomic E-state index is 4.63. The van der Waals surface area contributed by atoms with Gasteiger partial charge >= 0.3 is 110 Å². The maximum absolute atomic E-state index is 4.63. The first-order chi connectivity index (χ1) is 7.38. The summed E-state index contributed by atoms with van der Waals surface area (Å²) in [6.07, 6.45) is 2.12. The van der Waals surface area contributed by atoms with Crippen molar-refractivity contribution in [3.05, 3.63) is 17.9 Å². The van der Waals surface area contributed by atoms with Crippen molar-refractivity contribution in [2.45, 2.75) is 51.9 Å². The third-order valence-electron chi connectivity index (χ3n) is 2.56. The average Bonchev–Trinajstić information content (AvgIpc) is 2.20. The molecule has 0 aromatic heterocycles. The van der Waals surface area contributed by atoms with Crippen molar-refractivity contribution < 1.29 is 0 Å². The third-order valence-corrected chi connectivity index (χ3v) is 6.15. The number of hydrogen-bond donors (Lipinski definition) is 0. The fraction of sp³-hybridized carbons (Fsp3) is 0.692. The van der Waals surface area contributed by atoms with E-state index in [1.165, 1.54) is 5.57 Å². The SMILES string of the molecule is C=C=C(CC)C(C([Se])=NCCC)[Si](C)(C)C. The van der Waals surface area contributed by atoms with E-state index in [-0.39, 0.29) is 0 Å². The number of aliphatic imine (C=N–C) groups is 1. The Morgan fingerprint density at radius 1 is 1.38 bits per heavy atom. The molecule has 1 nitrogen and oxygen atoms in total. The van der Waals surface area contributed by atoms with Crippen molar-refractivity contribution in [1.29, 1.82) is 0 Å². The second-order valence-electron chi connectivity index (χ2n) is 5.07. The quantitative estimate of drug-likeness (QED) is 0.402. The number of hydrogen-bond acceptors (Lipinski definition) is 1. The molecule has 91 valence electrons. The Bertz CT molecular complexity index is 296. The Morgan fingerprint density at radius 2 is 1.94 bits per heavy atom. The van der Waals surface area contributed by atoms with Crippen molar-refractivity contribution in [3.8, 4) is 0 Å². The number of rotatable bonds is 6. The molecule has 0 N–H and O–H groups in total. The van der Waals surface area contributed by atoms with E-state index < -0.39 is 8.07 Å². The van der Waals surface area contributed by atoms with Crippen molar-refractivity contribution in [3.63, 3.8) is 0 Å². The van der Waals surface area contributed by atoms with E-state index in [2.05, 4.69) is 66.8 Å². The Labute approximate surface area is 110 Å². The molecule has 1 radical (unpaired) electrons. The van der Waals surface area contributed by atoms with Crippen LogP contribution in [0.1, 0.15) is 26.7 Å². The van der Waals surface area contributed by atoms with Crippen LogP contribution in [0.5, 0.6) is 0 Å². The van der Waals surface area contributed by atoms with Crippen LogP contribution in [-0.4, -0.2) is 35.2 Å². The summed E-state index contributed by atoms with van der Waals surface area (Å²) < 4.78 is 1.16. The van der Waals surface area contributed by atoms with Gasteiger partial charge in [-0.3, -0.25) is 0 Å². The standard InChI is InChI=1S/C13H24NSeSi/c1-7-10-14-13(15)12(16(4,5)6)11(8-2)9-3/h12H,2,7,9-10H2,1,3-6H3. The fourth-order valence-corrected chi connectivity index (χ4v) is 6.69. The molecule has 0 aliphatic heterocycles. The normalized spacial score (nSPS) is 14.4. The van der Waals surface area contributed by atoms with Gasteiger partial charge in [0.25, 0.3) is 0 Å². The van der Waals surface area contributed by atoms with Gasteiger partial charge in [-0.1, -0.05) is 0 Å². The molecule has 1 atom stereocenters. The van der Waals surface area contributed by atoms with E-state index in [4.69, 9.17) is 0 Å². The van der Waals surface area contributed by atoms with Gasteiger partial charge in [-0.05, 0) is 0 Å². The van der Waals surface area contributed by atoms with Gasteiger partial charge in [0.05, 0.1) is 0 Å². The summed E-state index contributed by atoms with van der Waals surface area (Å²) in [7, 11) is -1.31. The van der Waals surface area contributed by atoms with Crippen LogP contribution >= 0.6 is 0 Å². The molecular formula is C13H24NSeSi. The molecule has 0 heterocycles. The van der Waals surface area contributed by atoms with Crippen LogP contribution in [0, 0.1) is 0 Å². The Balaban J connectivity index is 5.19.